The number of nitrogens with zero attached hydrogens (tertiary/aromatic N) is 2. The first-order valence-corrected chi connectivity index (χ1v) is 8.96. The normalized spacial score (nSPS) is 17.7. The zero-order chi connectivity index (χ0) is 15.8. The van der Waals surface area contributed by atoms with Gasteiger partial charge in [0.15, 0.2) is 0 Å². The first kappa shape index (κ1) is 16.9. The van der Waals surface area contributed by atoms with E-state index in [1.807, 2.05) is 0 Å². The van der Waals surface area contributed by atoms with E-state index in [0.717, 1.165) is 6.54 Å². The van der Waals surface area contributed by atoms with Gasteiger partial charge in [-0.15, -0.1) is 0 Å². The molecular formula is C20H32N2. The minimum absolute atomic E-state index is 0.506. The molecule has 0 saturated carbocycles. The molecule has 0 bridgehead atoms. The maximum atomic E-state index is 2.54. The Hall–Kier alpha value is -1.44. The van der Waals surface area contributed by atoms with Gasteiger partial charge in [-0.3, -0.25) is 0 Å². The fourth-order valence-electron chi connectivity index (χ4n) is 3.35. The van der Waals surface area contributed by atoms with Crippen molar-refractivity contribution in [1.82, 2.24) is 9.80 Å². The van der Waals surface area contributed by atoms with Crippen molar-refractivity contribution in [2.24, 2.45) is 5.92 Å². The van der Waals surface area contributed by atoms with Crippen LogP contribution in [0.5, 0.6) is 0 Å². The third kappa shape index (κ3) is 4.79. The van der Waals surface area contributed by atoms with Crippen LogP contribution in [0.15, 0.2) is 42.7 Å². The summed E-state index contributed by atoms with van der Waals surface area (Å²) in [7, 11) is 0. The summed E-state index contributed by atoms with van der Waals surface area (Å²) in [4.78, 5) is 5.03. The van der Waals surface area contributed by atoms with Crippen LogP contribution >= 0.6 is 0 Å². The molecule has 2 rings (SSSR count). The number of hydrogen-bond donors (Lipinski definition) is 0. The smallest absolute Gasteiger partial charge is 0.103 e. The summed E-state index contributed by atoms with van der Waals surface area (Å²) < 4.78 is 0. The number of rotatable bonds is 9. The molecule has 0 aliphatic carbocycles. The van der Waals surface area contributed by atoms with E-state index >= 15 is 0 Å². The highest BCUT2D eigenvalue weighted by molar-refractivity contribution is 5.16. The van der Waals surface area contributed by atoms with E-state index in [1.165, 1.54) is 44.2 Å². The van der Waals surface area contributed by atoms with Crippen LogP contribution in [0.3, 0.4) is 0 Å². The third-order valence-electron chi connectivity index (χ3n) is 4.45. The van der Waals surface area contributed by atoms with Crippen LogP contribution in [0.2, 0.25) is 0 Å². The largest absolute Gasteiger partial charge is 0.356 e. The first-order chi connectivity index (χ1) is 10.7. The second kappa shape index (κ2) is 8.87. The average Bonchev–Trinajstić information content (AvgIpc) is 2.91. The molecule has 1 heterocycles. The lowest BCUT2D eigenvalue weighted by Gasteiger charge is -2.36. The Bertz CT molecular complexity index is 438. The van der Waals surface area contributed by atoms with Gasteiger partial charge in [-0.1, -0.05) is 76.8 Å². The molecule has 1 atom stereocenters. The van der Waals surface area contributed by atoms with Gasteiger partial charge in [0.1, 0.15) is 6.17 Å². The molecule has 0 spiro atoms. The van der Waals surface area contributed by atoms with E-state index in [-0.39, 0.29) is 0 Å². The van der Waals surface area contributed by atoms with Gasteiger partial charge in [0.2, 0.25) is 0 Å². The van der Waals surface area contributed by atoms with Crippen molar-refractivity contribution >= 4 is 0 Å². The van der Waals surface area contributed by atoms with E-state index in [1.54, 1.807) is 0 Å². The third-order valence-corrected chi connectivity index (χ3v) is 4.45. The molecule has 2 heteroatoms. The Balaban J connectivity index is 1.86. The maximum Gasteiger partial charge on any atom is 0.103 e. The number of hydrogen-bond acceptors (Lipinski definition) is 2. The zero-order valence-electron chi connectivity index (χ0n) is 14.5. The van der Waals surface area contributed by atoms with Crippen molar-refractivity contribution in [3.63, 3.8) is 0 Å². The lowest BCUT2D eigenvalue weighted by molar-refractivity contribution is 0.100. The molecule has 1 aliphatic rings. The fraction of sp³-hybridized carbons (Fsp3) is 0.600. The van der Waals surface area contributed by atoms with Crippen molar-refractivity contribution in [1.29, 1.82) is 0 Å². The summed E-state index contributed by atoms with van der Waals surface area (Å²) in [6.07, 6.45) is 11.8. The van der Waals surface area contributed by atoms with Gasteiger partial charge < -0.3 is 9.80 Å². The van der Waals surface area contributed by atoms with Crippen LogP contribution in [0.25, 0.3) is 0 Å². The Kier molecular flexibility index (Phi) is 6.82. The molecular weight excluding hydrogens is 268 g/mol. The molecule has 0 N–H and O–H groups in total. The lowest BCUT2D eigenvalue weighted by atomic mass is 10.1. The summed E-state index contributed by atoms with van der Waals surface area (Å²) in [6.45, 7) is 9.14. The molecule has 1 unspecified atom stereocenters. The van der Waals surface area contributed by atoms with Gasteiger partial charge >= 0.3 is 0 Å². The minimum atomic E-state index is 0.506. The summed E-state index contributed by atoms with van der Waals surface area (Å²) in [6, 6.07) is 10.8. The van der Waals surface area contributed by atoms with Crippen LogP contribution in [-0.4, -0.2) is 22.5 Å². The standard InChI is InChI=1S/C20H32N2/c1-4-5-6-7-11-14-21-15-16-22(20(21)18(2)3)17-19-12-9-8-10-13-19/h8-10,12-13,15-16,18,20H,4-7,11,14,17H2,1-3H3. The average molecular weight is 300 g/mol. The Morgan fingerprint density at radius 1 is 0.909 bits per heavy atom. The van der Waals surface area contributed by atoms with E-state index in [9.17, 15) is 0 Å². The summed E-state index contributed by atoms with van der Waals surface area (Å²) in [5, 5.41) is 0. The predicted octanol–water partition coefficient (Wildman–Crippen LogP) is 5.23. The fourth-order valence-corrected chi connectivity index (χ4v) is 3.35. The molecule has 0 aromatic heterocycles. The topological polar surface area (TPSA) is 6.48 Å². The van der Waals surface area contributed by atoms with E-state index in [0.29, 0.717) is 12.1 Å². The molecule has 2 nitrogen and oxygen atoms in total. The Morgan fingerprint density at radius 3 is 2.27 bits per heavy atom. The maximum absolute atomic E-state index is 2.54. The molecule has 1 aromatic rings. The zero-order valence-corrected chi connectivity index (χ0v) is 14.5. The molecule has 0 radical (unpaired) electrons. The number of unbranched alkanes of at least 4 members (excludes halogenated alkanes) is 4. The van der Waals surface area contributed by atoms with Crippen molar-refractivity contribution in [3.05, 3.63) is 48.3 Å². The van der Waals surface area contributed by atoms with Gasteiger partial charge in [0.05, 0.1) is 0 Å². The Morgan fingerprint density at radius 2 is 1.59 bits per heavy atom. The number of benzene rings is 1. The molecule has 122 valence electrons. The Labute approximate surface area is 136 Å². The van der Waals surface area contributed by atoms with Crippen molar-refractivity contribution in [3.8, 4) is 0 Å². The van der Waals surface area contributed by atoms with E-state index < -0.39 is 0 Å². The van der Waals surface area contributed by atoms with E-state index in [2.05, 4.69) is 73.3 Å². The summed E-state index contributed by atoms with van der Waals surface area (Å²) in [5.41, 5.74) is 1.39. The van der Waals surface area contributed by atoms with Crippen LogP contribution in [0, 0.1) is 5.92 Å². The van der Waals surface area contributed by atoms with Gasteiger partial charge in [-0.05, 0) is 17.9 Å². The van der Waals surface area contributed by atoms with Gasteiger partial charge in [-0.25, -0.2) is 0 Å². The quantitative estimate of drug-likeness (QED) is 0.576. The van der Waals surface area contributed by atoms with Crippen molar-refractivity contribution in [2.75, 3.05) is 6.54 Å². The first-order valence-electron chi connectivity index (χ1n) is 8.96. The molecule has 0 fully saturated rings. The van der Waals surface area contributed by atoms with Crippen LogP contribution in [-0.2, 0) is 6.54 Å². The summed E-state index contributed by atoms with van der Waals surface area (Å²) >= 11 is 0. The molecule has 1 aromatic carbocycles. The highest BCUT2D eigenvalue weighted by Crippen LogP contribution is 2.25. The van der Waals surface area contributed by atoms with Gasteiger partial charge in [0.25, 0.3) is 0 Å². The van der Waals surface area contributed by atoms with Gasteiger partial charge in [-0.2, -0.15) is 0 Å². The van der Waals surface area contributed by atoms with Crippen LogP contribution in [0.4, 0.5) is 0 Å². The second-order valence-corrected chi connectivity index (χ2v) is 6.77. The molecule has 1 aliphatic heterocycles. The van der Waals surface area contributed by atoms with Crippen LogP contribution < -0.4 is 0 Å². The van der Waals surface area contributed by atoms with Gasteiger partial charge in [0, 0.05) is 25.5 Å². The highest BCUT2D eigenvalue weighted by Gasteiger charge is 2.28. The second-order valence-electron chi connectivity index (χ2n) is 6.77. The van der Waals surface area contributed by atoms with Crippen molar-refractivity contribution in [2.45, 2.75) is 65.6 Å². The molecule has 22 heavy (non-hydrogen) atoms. The SMILES string of the molecule is CCCCCCCN1C=CN(Cc2ccccc2)C1C(C)C. The molecule has 0 saturated heterocycles. The highest BCUT2D eigenvalue weighted by atomic mass is 15.4. The molecule has 0 amide bonds. The lowest BCUT2D eigenvalue weighted by Crippen LogP contribution is -2.42. The van der Waals surface area contributed by atoms with Crippen molar-refractivity contribution < 1.29 is 0 Å². The summed E-state index contributed by atoms with van der Waals surface area (Å²) in [5.74, 6) is 0.634. The predicted molar refractivity (Wildman–Crippen MR) is 95.2 cm³/mol. The minimum Gasteiger partial charge on any atom is -0.356 e. The monoisotopic (exact) mass is 300 g/mol. The van der Waals surface area contributed by atoms with Crippen LogP contribution in [0.1, 0.15) is 58.4 Å². The van der Waals surface area contributed by atoms with E-state index in [4.69, 9.17) is 0 Å².